The molecule has 2 aromatic carbocycles. The molecule has 1 N–H and O–H groups in total. The normalized spacial score (nSPS) is 14.4. The van der Waals surface area contributed by atoms with Gasteiger partial charge in [-0.05, 0) is 36.8 Å². The van der Waals surface area contributed by atoms with Gasteiger partial charge in [0.1, 0.15) is 5.75 Å². The summed E-state index contributed by atoms with van der Waals surface area (Å²) in [7, 11) is 0. The van der Waals surface area contributed by atoms with Crippen LogP contribution in [0.15, 0.2) is 42.5 Å². The molecule has 20 heavy (non-hydrogen) atoms. The summed E-state index contributed by atoms with van der Waals surface area (Å²) >= 11 is 6.01. The van der Waals surface area contributed by atoms with Crippen molar-refractivity contribution in [3.8, 4) is 5.75 Å². The predicted octanol–water partition coefficient (Wildman–Crippen LogP) is 3.75. The molecular weight excluding hydrogens is 274 g/mol. The number of halogens is 1. The molecule has 4 heteroatoms. The van der Waals surface area contributed by atoms with Gasteiger partial charge in [-0.2, -0.15) is 0 Å². The van der Waals surface area contributed by atoms with Crippen LogP contribution in [-0.2, 0) is 6.61 Å². The molecule has 3 rings (SSSR count). The lowest BCUT2D eigenvalue weighted by Gasteiger charge is -2.26. The first-order valence-corrected chi connectivity index (χ1v) is 7.06. The average Bonchev–Trinajstić information content (AvgIpc) is 2.69. The Morgan fingerprint density at radius 2 is 2.00 bits per heavy atom. The molecule has 0 fully saturated rings. The van der Waals surface area contributed by atoms with Gasteiger partial charge in [0.2, 0.25) is 0 Å². The van der Waals surface area contributed by atoms with Crippen LogP contribution in [-0.4, -0.2) is 18.3 Å². The Hall–Kier alpha value is -1.71. The van der Waals surface area contributed by atoms with Crippen LogP contribution in [0.1, 0.15) is 12.0 Å². The van der Waals surface area contributed by atoms with Crippen molar-refractivity contribution in [3.05, 3.63) is 53.1 Å². The smallest absolute Gasteiger partial charge is 0.142 e. The van der Waals surface area contributed by atoms with Gasteiger partial charge in [0.05, 0.1) is 18.9 Å². The molecule has 1 aliphatic heterocycles. The van der Waals surface area contributed by atoms with Crippen molar-refractivity contribution in [1.29, 1.82) is 0 Å². The van der Waals surface area contributed by atoms with Crippen LogP contribution in [0.4, 0.5) is 11.4 Å². The van der Waals surface area contributed by atoms with Gasteiger partial charge in [-0.25, -0.2) is 0 Å². The van der Waals surface area contributed by atoms with E-state index >= 15 is 0 Å². The second-order valence-electron chi connectivity index (χ2n) is 4.75. The standard InChI is InChI=1S/C16H16ClNO2/c17-13-6-7-14(12(10-13)11-19)18-8-3-9-20-16-5-2-1-4-15(16)18/h1-2,4-7,10,19H,3,8-9,11H2. The number of benzene rings is 2. The van der Waals surface area contributed by atoms with Gasteiger partial charge in [-0.3, -0.25) is 0 Å². The van der Waals surface area contributed by atoms with Crippen LogP contribution in [0.3, 0.4) is 0 Å². The molecule has 0 unspecified atom stereocenters. The van der Waals surface area contributed by atoms with Crippen molar-refractivity contribution in [2.45, 2.75) is 13.0 Å². The highest BCUT2D eigenvalue weighted by atomic mass is 35.5. The van der Waals surface area contributed by atoms with Crippen LogP contribution in [0, 0.1) is 0 Å². The molecule has 0 saturated heterocycles. The van der Waals surface area contributed by atoms with Crippen molar-refractivity contribution in [2.24, 2.45) is 0 Å². The van der Waals surface area contributed by atoms with E-state index in [0.717, 1.165) is 35.7 Å². The molecule has 0 aliphatic carbocycles. The van der Waals surface area contributed by atoms with Crippen molar-refractivity contribution in [1.82, 2.24) is 0 Å². The van der Waals surface area contributed by atoms with Crippen molar-refractivity contribution in [2.75, 3.05) is 18.1 Å². The molecule has 0 aromatic heterocycles. The summed E-state index contributed by atoms with van der Waals surface area (Å²) in [5, 5.41) is 10.2. The average molecular weight is 290 g/mol. The Morgan fingerprint density at radius 3 is 2.85 bits per heavy atom. The molecule has 0 amide bonds. The number of rotatable bonds is 2. The first-order chi connectivity index (χ1) is 9.79. The molecule has 3 nitrogen and oxygen atoms in total. The van der Waals surface area contributed by atoms with Crippen LogP contribution in [0.2, 0.25) is 5.02 Å². The largest absolute Gasteiger partial charge is 0.491 e. The van der Waals surface area contributed by atoms with Gasteiger partial charge in [-0.15, -0.1) is 0 Å². The molecular formula is C16H16ClNO2. The summed E-state index contributed by atoms with van der Waals surface area (Å²) in [6, 6.07) is 13.6. The van der Waals surface area contributed by atoms with E-state index in [-0.39, 0.29) is 6.61 Å². The zero-order valence-electron chi connectivity index (χ0n) is 11.1. The van der Waals surface area contributed by atoms with Gasteiger partial charge in [0.15, 0.2) is 0 Å². The van der Waals surface area contributed by atoms with E-state index in [0.29, 0.717) is 11.6 Å². The highest BCUT2D eigenvalue weighted by Gasteiger charge is 2.19. The second kappa shape index (κ2) is 5.73. The molecule has 1 heterocycles. The van der Waals surface area contributed by atoms with E-state index in [1.165, 1.54) is 0 Å². The molecule has 0 radical (unpaired) electrons. The van der Waals surface area contributed by atoms with E-state index in [2.05, 4.69) is 4.90 Å². The maximum absolute atomic E-state index is 9.58. The number of anilines is 2. The Balaban J connectivity index is 2.10. The topological polar surface area (TPSA) is 32.7 Å². The Labute approximate surface area is 123 Å². The Kier molecular flexibility index (Phi) is 3.81. The fourth-order valence-corrected chi connectivity index (χ4v) is 2.72. The molecule has 2 aromatic rings. The zero-order chi connectivity index (χ0) is 13.9. The molecule has 0 atom stereocenters. The third kappa shape index (κ3) is 2.47. The van der Waals surface area contributed by atoms with Crippen LogP contribution in [0.25, 0.3) is 0 Å². The van der Waals surface area contributed by atoms with Gasteiger partial charge in [0.25, 0.3) is 0 Å². The lowest BCUT2D eigenvalue weighted by Crippen LogP contribution is -2.19. The summed E-state index contributed by atoms with van der Waals surface area (Å²) in [5.41, 5.74) is 2.84. The van der Waals surface area contributed by atoms with E-state index < -0.39 is 0 Å². The summed E-state index contributed by atoms with van der Waals surface area (Å²) < 4.78 is 5.77. The van der Waals surface area contributed by atoms with Gasteiger partial charge >= 0.3 is 0 Å². The van der Waals surface area contributed by atoms with Crippen molar-refractivity contribution < 1.29 is 9.84 Å². The quantitative estimate of drug-likeness (QED) is 0.914. The highest BCUT2D eigenvalue weighted by Crippen LogP contribution is 2.37. The zero-order valence-corrected chi connectivity index (χ0v) is 11.8. The number of ether oxygens (including phenoxy) is 1. The van der Waals surface area contributed by atoms with E-state index in [9.17, 15) is 5.11 Å². The number of fused-ring (bicyclic) bond motifs is 1. The third-order valence-corrected chi connectivity index (χ3v) is 3.68. The van der Waals surface area contributed by atoms with E-state index in [1.54, 1.807) is 0 Å². The Morgan fingerprint density at radius 1 is 1.15 bits per heavy atom. The van der Waals surface area contributed by atoms with Crippen LogP contribution >= 0.6 is 11.6 Å². The van der Waals surface area contributed by atoms with Crippen molar-refractivity contribution >= 4 is 23.0 Å². The first kappa shape index (κ1) is 13.3. The van der Waals surface area contributed by atoms with E-state index in [1.807, 2.05) is 42.5 Å². The number of para-hydroxylation sites is 2. The molecule has 0 bridgehead atoms. The maximum atomic E-state index is 9.58. The number of hydrogen-bond donors (Lipinski definition) is 1. The number of aliphatic hydroxyl groups is 1. The molecule has 0 spiro atoms. The van der Waals surface area contributed by atoms with Crippen LogP contribution in [0.5, 0.6) is 5.75 Å². The minimum absolute atomic E-state index is 0.0323. The van der Waals surface area contributed by atoms with Crippen molar-refractivity contribution in [3.63, 3.8) is 0 Å². The fraction of sp³-hybridized carbons (Fsp3) is 0.250. The summed E-state index contributed by atoms with van der Waals surface area (Å²) in [6.45, 7) is 1.52. The highest BCUT2D eigenvalue weighted by molar-refractivity contribution is 6.30. The monoisotopic (exact) mass is 289 g/mol. The molecule has 104 valence electrons. The number of hydrogen-bond acceptors (Lipinski definition) is 3. The number of nitrogens with zero attached hydrogens (tertiary/aromatic N) is 1. The lowest BCUT2D eigenvalue weighted by atomic mass is 10.1. The summed E-state index contributed by atoms with van der Waals surface area (Å²) in [5.74, 6) is 0.879. The van der Waals surface area contributed by atoms with Gasteiger partial charge < -0.3 is 14.7 Å². The van der Waals surface area contributed by atoms with Crippen LogP contribution < -0.4 is 9.64 Å². The Bertz CT molecular complexity index is 615. The minimum Gasteiger partial charge on any atom is -0.491 e. The maximum Gasteiger partial charge on any atom is 0.142 e. The third-order valence-electron chi connectivity index (χ3n) is 3.44. The van der Waals surface area contributed by atoms with Gasteiger partial charge in [0, 0.05) is 22.8 Å². The summed E-state index contributed by atoms with van der Waals surface area (Å²) in [6.07, 6.45) is 0.933. The number of aliphatic hydroxyl groups excluding tert-OH is 1. The minimum atomic E-state index is -0.0323. The molecule has 0 saturated carbocycles. The SMILES string of the molecule is OCc1cc(Cl)ccc1N1CCCOc2ccccc21. The lowest BCUT2D eigenvalue weighted by molar-refractivity contribution is 0.282. The second-order valence-corrected chi connectivity index (χ2v) is 5.19. The van der Waals surface area contributed by atoms with E-state index in [4.69, 9.17) is 16.3 Å². The van der Waals surface area contributed by atoms with Gasteiger partial charge in [-0.1, -0.05) is 23.7 Å². The molecule has 1 aliphatic rings. The first-order valence-electron chi connectivity index (χ1n) is 6.68. The summed E-state index contributed by atoms with van der Waals surface area (Å²) in [4.78, 5) is 2.18. The fourth-order valence-electron chi connectivity index (χ4n) is 2.52. The predicted molar refractivity (Wildman–Crippen MR) is 80.9 cm³/mol.